The summed E-state index contributed by atoms with van der Waals surface area (Å²) in [6, 6.07) is -0.0590. The second-order valence-corrected chi connectivity index (χ2v) is 7.64. The summed E-state index contributed by atoms with van der Waals surface area (Å²) < 4.78 is 0. The first-order valence-corrected chi connectivity index (χ1v) is 9.10. The van der Waals surface area contributed by atoms with E-state index in [2.05, 4.69) is 10.3 Å². The summed E-state index contributed by atoms with van der Waals surface area (Å²) in [5, 5.41) is 3.89. The first-order valence-electron chi connectivity index (χ1n) is 8.29. The van der Waals surface area contributed by atoms with Gasteiger partial charge in [0.15, 0.2) is 0 Å². The summed E-state index contributed by atoms with van der Waals surface area (Å²) in [5.74, 6) is 0.535. The zero-order valence-corrected chi connectivity index (χ0v) is 14.6. The van der Waals surface area contributed by atoms with Crippen LogP contribution >= 0.6 is 11.3 Å². The Morgan fingerprint density at radius 1 is 1.17 bits per heavy atom. The third-order valence-electron chi connectivity index (χ3n) is 4.49. The number of hydrogen-bond donors (Lipinski definition) is 1. The van der Waals surface area contributed by atoms with Crippen LogP contribution in [-0.4, -0.2) is 52.9 Å². The maximum Gasteiger partial charge on any atom is 0.317 e. The van der Waals surface area contributed by atoms with Gasteiger partial charge in [0, 0.05) is 37.0 Å². The smallest absolute Gasteiger partial charge is 0.317 e. The van der Waals surface area contributed by atoms with Crippen molar-refractivity contribution in [2.75, 3.05) is 26.2 Å². The van der Waals surface area contributed by atoms with E-state index in [1.807, 2.05) is 23.6 Å². The summed E-state index contributed by atoms with van der Waals surface area (Å²) in [4.78, 5) is 33.8. The monoisotopic (exact) mass is 336 g/mol. The fraction of sp³-hybridized carbons (Fsp3) is 0.688. The van der Waals surface area contributed by atoms with Gasteiger partial charge in [0.05, 0.1) is 12.2 Å². The number of carbonyl (C=O) groups excluding carboxylic acids is 2. The highest BCUT2D eigenvalue weighted by molar-refractivity contribution is 7.11. The highest BCUT2D eigenvalue weighted by atomic mass is 32.1. The van der Waals surface area contributed by atoms with Crippen LogP contribution < -0.4 is 5.32 Å². The van der Waals surface area contributed by atoms with E-state index in [1.54, 1.807) is 11.3 Å². The number of thiazole rings is 1. The summed E-state index contributed by atoms with van der Waals surface area (Å²) in [7, 11) is 0. The van der Waals surface area contributed by atoms with Gasteiger partial charge < -0.3 is 15.1 Å². The highest BCUT2D eigenvalue weighted by Crippen LogP contribution is 2.31. The van der Waals surface area contributed by atoms with E-state index in [9.17, 15) is 9.59 Å². The van der Waals surface area contributed by atoms with Gasteiger partial charge in [-0.2, -0.15) is 0 Å². The van der Waals surface area contributed by atoms with E-state index in [-0.39, 0.29) is 17.9 Å². The number of rotatable bonds is 3. The molecular weight excluding hydrogens is 312 g/mol. The van der Waals surface area contributed by atoms with Crippen molar-refractivity contribution in [3.63, 3.8) is 0 Å². The standard InChI is InChI=1S/C16H24N4O2S/c1-11-12(2)23-14(18-11)10-17-16(22)20-7-3-6-19(8-9-20)15(21)13-4-5-13/h13H,3-10H2,1-2H3,(H,17,22). The lowest BCUT2D eigenvalue weighted by Crippen LogP contribution is -2.42. The van der Waals surface area contributed by atoms with Crippen molar-refractivity contribution in [1.29, 1.82) is 0 Å². The van der Waals surface area contributed by atoms with Gasteiger partial charge >= 0.3 is 6.03 Å². The third-order valence-corrected chi connectivity index (χ3v) is 5.56. The SMILES string of the molecule is Cc1nc(CNC(=O)N2CCCN(C(=O)C3CC3)CC2)sc1C. The Bertz CT molecular complexity index is 577. The lowest BCUT2D eigenvalue weighted by Gasteiger charge is -2.22. The van der Waals surface area contributed by atoms with E-state index < -0.39 is 0 Å². The number of amides is 3. The molecule has 1 aromatic rings. The minimum atomic E-state index is -0.0590. The summed E-state index contributed by atoms with van der Waals surface area (Å²) in [5.41, 5.74) is 1.03. The molecule has 0 radical (unpaired) electrons. The van der Waals surface area contributed by atoms with Crippen molar-refractivity contribution >= 4 is 23.3 Å². The molecule has 0 unspecified atom stereocenters. The average Bonchev–Trinajstić information content (AvgIpc) is 3.34. The van der Waals surface area contributed by atoms with Crippen LogP contribution in [0.3, 0.4) is 0 Å². The Morgan fingerprint density at radius 3 is 2.52 bits per heavy atom. The van der Waals surface area contributed by atoms with Crippen LogP contribution in [0.15, 0.2) is 0 Å². The highest BCUT2D eigenvalue weighted by Gasteiger charge is 2.34. The molecule has 1 aliphatic carbocycles. The van der Waals surface area contributed by atoms with Gasteiger partial charge in [-0.3, -0.25) is 4.79 Å². The zero-order chi connectivity index (χ0) is 16.4. The van der Waals surface area contributed by atoms with Gasteiger partial charge in [0.1, 0.15) is 5.01 Å². The van der Waals surface area contributed by atoms with Gasteiger partial charge in [-0.15, -0.1) is 11.3 Å². The first kappa shape index (κ1) is 16.2. The zero-order valence-electron chi connectivity index (χ0n) is 13.8. The molecule has 23 heavy (non-hydrogen) atoms. The molecule has 0 bridgehead atoms. The lowest BCUT2D eigenvalue weighted by molar-refractivity contribution is -0.132. The molecule has 1 saturated carbocycles. The van der Waals surface area contributed by atoms with Crippen molar-refractivity contribution < 1.29 is 9.59 Å². The molecule has 0 aromatic carbocycles. The Hall–Kier alpha value is -1.63. The maximum absolute atomic E-state index is 12.3. The predicted molar refractivity (Wildman–Crippen MR) is 89.3 cm³/mol. The molecule has 3 amide bonds. The van der Waals surface area contributed by atoms with Crippen molar-refractivity contribution in [2.45, 2.75) is 39.7 Å². The van der Waals surface area contributed by atoms with Crippen molar-refractivity contribution in [2.24, 2.45) is 5.92 Å². The quantitative estimate of drug-likeness (QED) is 0.917. The number of nitrogens with zero attached hydrogens (tertiary/aromatic N) is 3. The van der Waals surface area contributed by atoms with E-state index in [1.165, 1.54) is 4.88 Å². The Kier molecular flexibility index (Phi) is 4.84. The Labute approximate surface area is 140 Å². The molecule has 3 rings (SSSR count). The number of hydrogen-bond acceptors (Lipinski definition) is 4. The van der Waals surface area contributed by atoms with Crippen LogP contribution in [-0.2, 0) is 11.3 Å². The van der Waals surface area contributed by atoms with Crippen LogP contribution in [0.5, 0.6) is 0 Å². The van der Waals surface area contributed by atoms with Crippen molar-refractivity contribution in [3.05, 3.63) is 15.6 Å². The molecule has 126 valence electrons. The first-order chi connectivity index (χ1) is 11.0. The third kappa shape index (κ3) is 4.02. The van der Waals surface area contributed by atoms with Crippen LogP contribution in [0.25, 0.3) is 0 Å². The van der Waals surface area contributed by atoms with Gasteiger partial charge in [-0.05, 0) is 33.1 Å². The van der Waals surface area contributed by atoms with Gasteiger partial charge in [-0.25, -0.2) is 9.78 Å². The number of nitrogens with one attached hydrogen (secondary N) is 1. The second kappa shape index (κ2) is 6.86. The molecule has 1 saturated heterocycles. The summed E-state index contributed by atoms with van der Waals surface area (Å²) >= 11 is 1.62. The fourth-order valence-corrected chi connectivity index (χ4v) is 3.68. The molecule has 1 aliphatic heterocycles. The van der Waals surface area contributed by atoms with Crippen LogP contribution in [0.4, 0.5) is 4.79 Å². The second-order valence-electron chi connectivity index (χ2n) is 6.35. The molecule has 7 heteroatoms. The fourth-order valence-electron chi connectivity index (χ4n) is 2.81. The van der Waals surface area contributed by atoms with Crippen LogP contribution in [0, 0.1) is 19.8 Å². The Balaban J connectivity index is 1.48. The number of urea groups is 1. The topological polar surface area (TPSA) is 65.5 Å². The molecule has 2 heterocycles. The minimum Gasteiger partial charge on any atom is -0.341 e. The summed E-state index contributed by atoms with van der Waals surface area (Å²) in [6.45, 7) is 7.23. The number of aryl methyl sites for hydroxylation is 2. The predicted octanol–water partition coefficient (Wildman–Crippen LogP) is 1.91. The van der Waals surface area contributed by atoms with Gasteiger partial charge in [0.25, 0.3) is 0 Å². The lowest BCUT2D eigenvalue weighted by atomic mass is 10.3. The van der Waals surface area contributed by atoms with E-state index >= 15 is 0 Å². The number of aromatic nitrogens is 1. The van der Waals surface area contributed by atoms with Crippen LogP contribution in [0.1, 0.15) is 34.8 Å². The number of carbonyl (C=O) groups is 2. The van der Waals surface area contributed by atoms with Gasteiger partial charge in [0.2, 0.25) is 5.91 Å². The van der Waals surface area contributed by atoms with Crippen LogP contribution in [0.2, 0.25) is 0 Å². The summed E-state index contributed by atoms with van der Waals surface area (Å²) in [6.07, 6.45) is 2.92. The normalized spacial score (nSPS) is 18.7. The largest absolute Gasteiger partial charge is 0.341 e. The van der Waals surface area contributed by atoms with E-state index in [0.717, 1.165) is 36.5 Å². The molecule has 1 N–H and O–H groups in total. The molecule has 0 atom stereocenters. The van der Waals surface area contributed by atoms with Crippen molar-refractivity contribution in [3.8, 4) is 0 Å². The molecule has 1 aromatic heterocycles. The Morgan fingerprint density at radius 2 is 1.87 bits per heavy atom. The van der Waals surface area contributed by atoms with E-state index in [4.69, 9.17) is 0 Å². The minimum absolute atomic E-state index is 0.0590. The maximum atomic E-state index is 12.3. The molecule has 6 nitrogen and oxygen atoms in total. The van der Waals surface area contributed by atoms with E-state index in [0.29, 0.717) is 26.2 Å². The average molecular weight is 336 g/mol. The molecule has 2 aliphatic rings. The molecule has 0 spiro atoms. The van der Waals surface area contributed by atoms with Crippen molar-refractivity contribution in [1.82, 2.24) is 20.1 Å². The molecule has 2 fully saturated rings. The van der Waals surface area contributed by atoms with Gasteiger partial charge in [-0.1, -0.05) is 0 Å². The molecular formula is C16H24N4O2S.